The fourth-order valence-electron chi connectivity index (χ4n) is 3.94. The molecule has 207 valence electrons. The number of aryl methyl sites for hydroxylation is 4. The second kappa shape index (κ2) is 21.4. The first-order valence-corrected chi connectivity index (χ1v) is 16.3. The van der Waals surface area contributed by atoms with Gasteiger partial charge in [-0.05, 0) is 13.8 Å². The van der Waals surface area contributed by atoms with Crippen LogP contribution in [0.2, 0.25) is 0 Å². The SMILES string of the molecule is Cc1cc(C)n([CH-]n2nc(C)cc2C)n1.[C-]#[O+].[C-]#[O+].[C-]#[O+].[W].c1cc[c]([Sn]([c]2ccccc2)[c]2ccccc2)cc1. The molecule has 0 atom stereocenters. The number of hydrogen-bond acceptors (Lipinski definition) is 2. The van der Waals surface area contributed by atoms with Gasteiger partial charge in [0.05, 0.1) is 0 Å². The molecule has 2 aromatic heterocycles. The molecule has 0 bridgehead atoms. The van der Waals surface area contributed by atoms with Crippen molar-refractivity contribution in [3.8, 4) is 0 Å². The topological polar surface area (TPSA) is 95.3 Å². The van der Waals surface area contributed by atoms with Crippen molar-refractivity contribution in [3.63, 3.8) is 0 Å². The first-order valence-electron chi connectivity index (χ1n) is 12.1. The van der Waals surface area contributed by atoms with Crippen LogP contribution < -0.4 is 10.7 Å². The molecule has 9 heteroatoms. The average molecular weight is 821 g/mol. The van der Waals surface area contributed by atoms with Crippen molar-refractivity contribution in [1.29, 1.82) is 0 Å². The van der Waals surface area contributed by atoms with Gasteiger partial charge in [-0.3, -0.25) is 0 Å². The fraction of sp³-hybridized carbons (Fsp3) is 0.125. The fourth-order valence-corrected chi connectivity index (χ4v) is 11.3. The number of aromatic nitrogens is 4. The number of rotatable bonds is 5. The second-order valence-corrected chi connectivity index (χ2v) is 15.4. The molecule has 0 saturated carbocycles. The molecule has 0 aliphatic rings. The van der Waals surface area contributed by atoms with Crippen molar-refractivity contribution in [2.75, 3.05) is 0 Å². The molecule has 0 unspecified atom stereocenters. The van der Waals surface area contributed by atoms with Gasteiger partial charge in [-0.25, -0.2) is 0 Å². The molecule has 5 rings (SSSR count). The van der Waals surface area contributed by atoms with Crippen LogP contribution in [0, 0.1) is 54.3 Å². The van der Waals surface area contributed by atoms with E-state index in [1.165, 1.54) is 10.7 Å². The standard InChI is InChI=1S/C11H15N4.3C6H5.3CO.Sn.W/c1-8-5-10(3)14(12-8)7-15-11(4)6-9(2)13-15;3*1-2-4-6-5-3-1;3*1-2;;/h5-7H,1-4H3;3*1-5H;;;;;/q-1;;;;;;;;. The molecule has 0 saturated heterocycles. The predicted octanol–water partition coefficient (Wildman–Crippen LogP) is 3.92. The van der Waals surface area contributed by atoms with Crippen LogP contribution in [0.25, 0.3) is 0 Å². The summed E-state index contributed by atoms with van der Waals surface area (Å²) in [7, 11) is 0. The zero-order valence-corrected chi connectivity index (χ0v) is 29.1. The van der Waals surface area contributed by atoms with Crippen LogP contribution in [-0.4, -0.2) is 39.3 Å². The molecule has 0 spiro atoms. The maximum absolute atomic E-state index is 7.50. The minimum absolute atomic E-state index is 0. The van der Waals surface area contributed by atoms with Gasteiger partial charge in [0, 0.05) is 39.1 Å². The normalized spacial score (nSPS) is 8.95. The van der Waals surface area contributed by atoms with Gasteiger partial charge in [-0.15, -0.1) is 0 Å². The summed E-state index contributed by atoms with van der Waals surface area (Å²) in [5, 5.41) is 8.71. The van der Waals surface area contributed by atoms with E-state index in [-0.39, 0.29) is 21.1 Å². The van der Waals surface area contributed by atoms with Crippen LogP contribution in [-0.2, 0) is 35.0 Å². The summed E-state index contributed by atoms with van der Waals surface area (Å²) >= 11 is -1.98. The number of hydrogen-bond donors (Lipinski definition) is 0. The molecule has 0 amide bonds. The number of nitrogens with zero attached hydrogens (tertiary/aromatic N) is 4. The molecule has 0 aliphatic heterocycles. The van der Waals surface area contributed by atoms with Gasteiger partial charge in [0.25, 0.3) is 0 Å². The van der Waals surface area contributed by atoms with Crippen molar-refractivity contribution in [2.45, 2.75) is 27.7 Å². The third kappa shape index (κ3) is 12.0. The van der Waals surface area contributed by atoms with Crippen LogP contribution in [0.3, 0.4) is 0 Å². The van der Waals surface area contributed by atoms with Gasteiger partial charge in [0.15, 0.2) is 0 Å². The predicted molar refractivity (Wildman–Crippen MR) is 154 cm³/mol. The Bertz CT molecular complexity index is 1310. The summed E-state index contributed by atoms with van der Waals surface area (Å²) in [6.07, 6.45) is 0. The van der Waals surface area contributed by atoms with Crippen LogP contribution in [0.1, 0.15) is 22.8 Å². The van der Waals surface area contributed by atoms with Crippen molar-refractivity contribution in [1.82, 2.24) is 19.6 Å². The summed E-state index contributed by atoms with van der Waals surface area (Å²) in [5.41, 5.74) is 4.26. The number of benzene rings is 3. The third-order valence-electron chi connectivity index (χ3n) is 5.50. The quantitative estimate of drug-likeness (QED) is 0.153. The van der Waals surface area contributed by atoms with Crippen LogP contribution in [0.5, 0.6) is 0 Å². The average Bonchev–Trinajstić information content (AvgIpc) is 3.51. The Hall–Kier alpha value is -3.34. The molecule has 7 nitrogen and oxygen atoms in total. The molecule has 0 N–H and O–H groups in total. The first-order chi connectivity index (χ1) is 19.5. The van der Waals surface area contributed by atoms with Crippen LogP contribution >= 0.6 is 0 Å². The van der Waals surface area contributed by atoms with Gasteiger partial charge in [-0.1, -0.05) is 37.4 Å². The Balaban J connectivity index is 0.000000659. The first kappa shape index (κ1) is 37.7. The Morgan fingerprint density at radius 1 is 0.537 bits per heavy atom. The molecule has 5 aromatic rings. The Morgan fingerprint density at radius 2 is 0.805 bits per heavy atom. The molecular formula is C32H30N4O3SnW-. The summed E-state index contributed by atoms with van der Waals surface area (Å²) < 4.78 is 30.8. The Kier molecular flexibility index (Phi) is 19.7. The van der Waals surface area contributed by atoms with Crippen molar-refractivity contribution in [3.05, 3.63) is 153 Å². The van der Waals surface area contributed by atoms with Gasteiger partial charge in [0.1, 0.15) is 0 Å². The van der Waals surface area contributed by atoms with Crippen molar-refractivity contribution >= 4 is 30.5 Å². The molecule has 0 fully saturated rings. The van der Waals surface area contributed by atoms with E-state index in [0.717, 1.165) is 22.8 Å². The van der Waals surface area contributed by atoms with Crippen molar-refractivity contribution < 1.29 is 35.0 Å². The summed E-state index contributed by atoms with van der Waals surface area (Å²) in [5.74, 6) is 0. The van der Waals surface area contributed by atoms with E-state index in [9.17, 15) is 0 Å². The van der Waals surface area contributed by atoms with Crippen LogP contribution in [0.4, 0.5) is 0 Å². The van der Waals surface area contributed by atoms with Gasteiger partial charge in [-0.2, -0.15) is 10.2 Å². The van der Waals surface area contributed by atoms with E-state index >= 15 is 0 Å². The van der Waals surface area contributed by atoms with E-state index in [0.29, 0.717) is 0 Å². The third-order valence-corrected chi connectivity index (χ3v) is 13.3. The summed E-state index contributed by atoms with van der Waals surface area (Å²) in [6.45, 7) is 23.4. The van der Waals surface area contributed by atoms with Crippen LogP contribution in [0.15, 0.2) is 103 Å². The van der Waals surface area contributed by atoms with Gasteiger partial charge >= 0.3 is 155 Å². The van der Waals surface area contributed by atoms with E-state index in [1.54, 1.807) is 0 Å². The molecular weight excluding hydrogens is 791 g/mol. The van der Waals surface area contributed by atoms with E-state index in [1.807, 2.05) is 55.9 Å². The van der Waals surface area contributed by atoms with E-state index < -0.39 is 19.8 Å². The minimum atomic E-state index is -1.98. The molecule has 1 radical (unpaired) electrons. The molecule has 2 heterocycles. The van der Waals surface area contributed by atoms with Gasteiger partial charge < -0.3 is 9.36 Å². The summed E-state index contributed by atoms with van der Waals surface area (Å²) in [4.78, 5) is 0. The zero-order valence-electron chi connectivity index (χ0n) is 23.3. The monoisotopic (exact) mass is 822 g/mol. The Morgan fingerprint density at radius 3 is 1.02 bits per heavy atom. The zero-order chi connectivity index (χ0) is 29.9. The summed E-state index contributed by atoms with van der Waals surface area (Å²) in [6, 6.07) is 37.0. The van der Waals surface area contributed by atoms with E-state index in [4.69, 9.17) is 14.0 Å². The molecule has 0 aliphatic carbocycles. The van der Waals surface area contributed by atoms with E-state index in [2.05, 4.69) is 121 Å². The van der Waals surface area contributed by atoms with Crippen molar-refractivity contribution in [2.24, 2.45) is 0 Å². The second-order valence-electron chi connectivity index (χ2n) is 8.33. The maximum atomic E-state index is 7.50. The molecule has 3 aromatic carbocycles. The van der Waals surface area contributed by atoms with Gasteiger partial charge in [0.2, 0.25) is 0 Å². The molecule has 41 heavy (non-hydrogen) atoms. The Labute approximate surface area is 263 Å².